The van der Waals surface area contributed by atoms with Gasteiger partial charge in [-0.15, -0.1) is 0 Å². The average Bonchev–Trinajstić information content (AvgIpc) is 1.31. The summed E-state index contributed by atoms with van der Waals surface area (Å²) in [4.78, 5) is 72.0. The molecule has 86 heavy (non-hydrogen) atoms. The van der Waals surface area contributed by atoms with Crippen LogP contribution in [0.25, 0.3) is 22.3 Å². The number of likely N-dealkylation sites (N-methyl/N-ethyl adjacent to an activating group) is 2. The number of rotatable bonds is 15. The summed E-state index contributed by atoms with van der Waals surface area (Å²) in [7, 11) is -4.45. The van der Waals surface area contributed by atoms with Crippen molar-refractivity contribution in [2.45, 2.75) is 89.8 Å². The number of benzene rings is 4. The number of ether oxygens (including phenoxy) is 3. The molecule has 2 aromatic heterocycles. The van der Waals surface area contributed by atoms with Gasteiger partial charge in [-0.1, -0.05) is 39.8 Å². The van der Waals surface area contributed by atoms with Crippen molar-refractivity contribution in [1.29, 1.82) is 0 Å². The molecule has 6 aromatic rings. The second kappa shape index (κ2) is 29.0. The Hall–Kier alpha value is -8.55. The molecule has 0 fully saturated rings. The molecule has 2 aliphatic heterocycles. The molecule has 0 saturated carbocycles. The first-order valence-electron chi connectivity index (χ1n) is 27.6. The highest BCUT2D eigenvalue weighted by atomic mass is 32.2. The predicted octanol–water partition coefficient (Wildman–Crippen LogP) is 8.24. The number of sulfone groups is 2. The lowest BCUT2D eigenvalue weighted by atomic mass is 10.0. The topological polar surface area (TPSA) is 287 Å². The van der Waals surface area contributed by atoms with E-state index in [1.165, 1.54) is 45.2 Å². The number of aliphatic carboxylic acids is 1. The molecule has 460 valence electrons. The maximum Gasteiger partial charge on any atom is 0.410 e. The fourth-order valence-electron chi connectivity index (χ4n) is 9.09. The van der Waals surface area contributed by atoms with Crippen molar-refractivity contribution in [1.82, 2.24) is 30.0 Å². The monoisotopic (exact) mass is 1230 g/mol. The number of nitrogens with one attached hydrogen (secondary N) is 2. The average molecular weight is 1230 g/mol. The summed E-state index contributed by atoms with van der Waals surface area (Å²) in [6.07, 6.45) is 3.06. The summed E-state index contributed by atoms with van der Waals surface area (Å²) in [6.45, 7) is 12.9. The van der Waals surface area contributed by atoms with Crippen LogP contribution in [0.3, 0.4) is 0 Å². The lowest BCUT2D eigenvalue weighted by Crippen LogP contribution is -2.37. The molecule has 2 aliphatic rings. The van der Waals surface area contributed by atoms with Gasteiger partial charge in [-0.2, -0.15) is 0 Å². The SMILES string of the molecule is CCc1c(C(=O)N2CCOc3ccc(-c4ccc(N)nc4)cc3C2)ccc(S(=O)(=O)CC)c1F.CCc1c(C(=O)N2CCOc3ccc(-c4ccc(NC(=O)CNC)nc4)cc3C2)ccc(S(=O)(=O)CC)c1F.CN(CC(=O)O)C(=O)OC(C)(C)C. The summed E-state index contributed by atoms with van der Waals surface area (Å²) in [5.74, 6) is -2.00. The van der Waals surface area contributed by atoms with E-state index >= 15 is 8.78 Å². The van der Waals surface area contributed by atoms with Crippen LogP contribution < -0.4 is 25.8 Å². The molecule has 0 bridgehead atoms. The Labute approximate surface area is 499 Å². The molecule has 4 amide bonds. The quantitative estimate of drug-likeness (QED) is 0.0753. The number of aromatic nitrogens is 2. The minimum atomic E-state index is -3.77. The van der Waals surface area contributed by atoms with Gasteiger partial charge in [0.05, 0.1) is 31.1 Å². The van der Waals surface area contributed by atoms with E-state index in [9.17, 15) is 40.8 Å². The zero-order chi connectivity index (χ0) is 63.3. The number of halogens is 2. The highest BCUT2D eigenvalue weighted by Crippen LogP contribution is 2.34. The van der Waals surface area contributed by atoms with Gasteiger partial charge in [0.2, 0.25) is 5.91 Å². The molecule has 4 heterocycles. The van der Waals surface area contributed by atoms with Crippen LogP contribution in [0.1, 0.15) is 91.4 Å². The molecule has 0 spiro atoms. The van der Waals surface area contributed by atoms with Crippen LogP contribution in [0.2, 0.25) is 0 Å². The number of pyridine rings is 2. The zero-order valence-corrected chi connectivity index (χ0v) is 51.1. The number of nitrogens with zero attached hydrogens (tertiary/aromatic N) is 5. The van der Waals surface area contributed by atoms with Gasteiger partial charge in [0.1, 0.15) is 69.9 Å². The Morgan fingerprint density at radius 1 is 0.686 bits per heavy atom. The van der Waals surface area contributed by atoms with Gasteiger partial charge in [0, 0.05) is 77.0 Å². The second-order valence-corrected chi connectivity index (χ2v) is 25.3. The van der Waals surface area contributed by atoms with Crippen molar-refractivity contribution in [3.8, 4) is 33.8 Å². The van der Waals surface area contributed by atoms with Crippen molar-refractivity contribution in [3.05, 3.63) is 142 Å². The van der Waals surface area contributed by atoms with Crippen LogP contribution in [0.5, 0.6) is 11.5 Å². The van der Waals surface area contributed by atoms with Crippen LogP contribution in [0.4, 0.5) is 25.2 Å². The smallest absolute Gasteiger partial charge is 0.410 e. The Kier molecular flexibility index (Phi) is 22.5. The molecule has 0 aliphatic carbocycles. The molecule has 0 atom stereocenters. The minimum Gasteiger partial charge on any atom is -0.491 e. The van der Waals surface area contributed by atoms with E-state index in [1.54, 1.807) is 76.0 Å². The molecule has 0 radical (unpaired) electrons. The Morgan fingerprint density at radius 3 is 1.52 bits per heavy atom. The van der Waals surface area contributed by atoms with Gasteiger partial charge in [0.25, 0.3) is 11.8 Å². The highest BCUT2D eigenvalue weighted by Gasteiger charge is 2.30. The Bertz CT molecular complexity index is 3700. The number of hydrogen-bond donors (Lipinski definition) is 4. The first-order chi connectivity index (χ1) is 40.6. The second-order valence-electron chi connectivity index (χ2n) is 20.8. The largest absolute Gasteiger partial charge is 0.491 e. The first-order valence-corrected chi connectivity index (χ1v) is 30.9. The maximum atomic E-state index is 15.2. The summed E-state index contributed by atoms with van der Waals surface area (Å²) < 4.78 is 96.2. The van der Waals surface area contributed by atoms with Crippen molar-refractivity contribution < 1.29 is 68.9 Å². The van der Waals surface area contributed by atoms with Crippen LogP contribution in [0, 0.1) is 11.6 Å². The number of hydrogen-bond acceptors (Lipinski definition) is 16. The number of fused-ring (bicyclic) bond motifs is 2. The van der Waals surface area contributed by atoms with Crippen LogP contribution >= 0.6 is 0 Å². The van der Waals surface area contributed by atoms with Crippen molar-refractivity contribution in [3.63, 3.8) is 0 Å². The number of nitrogens with two attached hydrogens (primary N) is 1. The summed E-state index contributed by atoms with van der Waals surface area (Å²) in [5, 5.41) is 13.9. The number of anilines is 2. The van der Waals surface area contributed by atoms with E-state index in [-0.39, 0.29) is 114 Å². The summed E-state index contributed by atoms with van der Waals surface area (Å²) in [6, 6.07) is 23.7. The summed E-state index contributed by atoms with van der Waals surface area (Å²) >= 11 is 0. The number of carbonyl (C=O) groups is 5. The third-order valence-corrected chi connectivity index (χ3v) is 17.1. The van der Waals surface area contributed by atoms with E-state index in [0.29, 0.717) is 29.7 Å². The standard InChI is InChI=1S/C28H31FN4O5S.C25H26FN3O4S.C8H15NO4/c1-4-21-22(8-10-24(27(21)29)39(36,37)5-2)28(35)33-12-13-38-23-9-6-18(14-20(23)17-33)19-7-11-25(31-15-19)32-26(34)16-30-3;1-3-19-20(7-9-22(24(19)26)34(31,32)4-2)25(30)29-11-12-33-21-8-5-16(13-18(21)15-29)17-6-10-23(27)28-14-17;1-8(2,3)13-7(12)9(4)5-6(10)11/h6-11,14-15,30H,4-5,12-13,16-17H2,1-3H3,(H,31,32,34);5-10,13-14H,3-4,11-12,15H2,1-2H3,(H2,27,28);5H2,1-4H3,(H,10,11). The molecule has 5 N–H and O–H groups in total. The molecule has 25 heteroatoms. The van der Waals surface area contributed by atoms with Gasteiger partial charge in [-0.25, -0.2) is 40.4 Å². The van der Waals surface area contributed by atoms with E-state index in [4.69, 9.17) is 25.1 Å². The zero-order valence-electron chi connectivity index (χ0n) is 49.5. The molecule has 4 aromatic carbocycles. The fourth-order valence-corrected chi connectivity index (χ4v) is 11.1. The van der Waals surface area contributed by atoms with Crippen molar-refractivity contribution in [2.75, 3.05) is 76.0 Å². The third-order valence-electron chi connectivity index (χ3n) is 13.6. The van der Waals surface area contributed by atoms with Gasteiger partial charge < -0.3 is 50.4 Å². The molecule has 21 nitrogen and oxygen atoms in total. The molecule has 0 saturated heterocycles. The van der Waals surface area contributed by atoms with Gasteiger partial charge in [-0.05, 0) is 125 Å². The Balaban J connectivity index is 0.000000230. The lowest BCUT2D eigenvalue weighted by molar-refractivity contribution is -0.138. The minimum absolute atomic E-state index is 0.0848. The van der Waals surface area contributed by atoms with Crippen molar-refractivity contribution >= 4 is 61.1 Å². The third kappa shape index (κ3) is 16.9. The van der Waals surface area contributed by atoms with Gasteiger partial charge in [0.15, 0.2) is 19.7 Å². The fraction of sp³-hybridized carbons (Fsp3) is 0.361. The maximum absolute atomic E-state index is 15.2. The van der Waals surface area contributed by atoms with E-state index in [2.05, 4.69) is 20.6 Å². The Morgan fingerprint density at radius 2 is 1.14 bits per heavy atom. The normalized spacial score (nSPS) is 13.1. The van der Waals surface area contributed by atoms with Crippen molar-refractivity contribution in [2.24, 2.45) is 0 Å². The molecular formula is C61H72F2N8O13S2. The predicted molar refractivity (Wildman–Crippen MR) is 320 cm³/mol. The number of nitrogen functional groups attached to an aromatic ring is 1. The number of carboxylic acids is 1. The van der Waals surface area contributed by atoms with Gasteiger partial charge >= 0.3 is 12.1 Å². The molecule has 8 rings (SSSR count). The molecule has 0 unspecified atom stereocenters. The molecular weight excluding hydrogens is 1150 g/mol. The van der Waals surface area contributed by atoms with E-state index < -0.39 is 54.9 Å². The van der Waals surface area contributed by atoms with Crippen LogP contribution in [0.15, 0.2) is 107 Å². The number of amides is 4. The van der Waals surface area contributed by atoms with E-state index in [0.717, 1.165) is 38.3 Å². The lowest BCUT2D eigenvalue weighted by Gasteiger charge is -2.23. The first kappa shape index (κ1) is 66.6. The van der Waals surface area contributed by atoms with Crippen LogP contribution in [-0.4, -0.2) is 147 Å². The number of carbonyl (C=O) groups excluding carboxylic acids is 4. The summed E-state index contributed by atoms with van der Waals surface area (Å²) in [5.41, 5.74) is 10.6. The highest BCUT2D eigenvalue weighted by molar-refractivity contribution is 7.91. The van der Waals surface area contributed by atoms with Crippen LogP contribution in [-0.2, 0) is 59.9 Å². The number of carboxylic acid groups (broad SMARTS) is 1. The van der Waals surface area contributed by atoms with E-state index in [1.807, 2.05) is 48.5 Å². The van der Waals surface area contributed by atoms with Gasteiger partial charge in [-0.3, -0.25) is 19.2 Å².